The van der Waals surface area contributed by atoms with E-state index in [-0.39, 0.29) is 23.7 Å². The summed E-state index contributed by atoms with van der Waals surface area (Å²) in [5.74, 6) is -0.837. The monoisotopic (exact) mass is 295 g/mol. The van der Waals surface area contributed by atoms with Crippen LogP contribution in [0.2, 0.25) is 0 Å². The van der Waals surface area contributed by atoms with Gasteiger partial charge >= 0.3 is 5.97 Å². The second-order valence-corrected chi connectivity index (χ2v) is 7.32. The Kier molecular flexibility index (Phi) is 4.40. The summed E-state index contributed by atoms with van der Waals surface area (Å²) >= 11 is 0. The Balaban J connectivity index is 1.92. The summed E-state index contributed by atoms with van der Waals surface area (Å²) in [4.78, 5) is 36.8. The molecule has 0 atom stereocenters. The van der Waals surface area contributed by atoms with Crippen LogP contribution in [-0.4, -0.2) is 34.3 Å². The minimum atomic E-state index is -0.804. The van der Waals surface area contributed by atoms with Gasteiger partial charge in [-0.1, -0.05) is 26.7 Å². The van der Waals surface area contributed by atoms with Gasteiger partial charge in [0.05, 0.1) is 5.41 Å². The van der Waals surface area contributed by atoms with Gasteiger partial charge in [-0.2, -0.15) is 0 Å². The first-order chi connectivity index (χ1) is 9.76. The predicted molar refractivity (Wildman–Crippen MR) is 77.5 cm³/mol. The Hall–Kier alpha value is -1.39. The number of aliphatic carboxylic acids is 1. The number of hydrogen-bond acceptors (Lipinski definition) is 3. The Morgan fingerprint density at radius 3 is 2.43 bits per heavy atom. The number of carboxylic acid groups (broad SMARTS) is 1. The number of hydrogen-bond donors (Lipinski definition) is 1. The van der Waals surface area contributed by atoms with Crippen molar-refractivity contribution >= 4 is 17.8 Å². The van der Waals surface area contributed by atoms with Gasteiger partial charge in [-0.15, -0.1) is 0 Å². The van der Waals surface area contributed by atoms with Gasteiger partial charge in [0.2, 0.25) is 11.8 Å². The van der Waals surface area contributed by atoms with Gasteiger partial charge in [-0.3, -0.25) is 19.3 Å². The lowest BCUT2D eigenvalue weighted by atomic mass is 9.83. The normalized spacial score (nSPS) is 21.5. The van der Waals surface area contributed by atoms with Crippen LogP contribution < -0.4 is 0 Å². The maximum atomic E-state index is 12.5. The lowest BCUT2D eigenvalue weighted by molar-refractivity contribution is -0.142. The SMILES string of the molecule is CC(C)(CCC(=O)O)CCN1C(=O)CC2(CCCC2)C1=O. The van der Waals surface area contributed by atoms with Crippen molar-refractivity contribution in [2.45, 2.75) is 65.2 Å². The van der Waals surface area contributed by atoms with Crippen molar-refractivity contribution in [3.05, 3.63) is 0 Å². The van der Waals surface area contributed by atoms with Crippen LogP contribution in [0.3, 0.4) is 0 Å². The Bertz CT molecular complexity index is 449. The third-order valence-corrected chi connectivity index (χ3v) is 5.08. The number of rotatable bonds is 6. The molecule has 0 radical (unpaired) electrons. The third kappa shape index (κ3) is 3.44. The summed E-state index contributed by atoms with van der Waals surface area (Å²) in [7, 11) is 0. The van der Waals surface area contributed by atoms with E-state index < -0.39 is 11.4 Å². The maximum Gasteiger partial charge on any atom is 0.303 e. The van der Waals surface area contributed by atoms with E-state index in [9.17, 15) is 14.4 Å². The highest BCUT2D eigenvalue weighted by Crippen LogP contribution is 2.47. The van der Waals surface area contributed by atoms with Gasteiger partial charge in [0, 0.05) is 19.4 Å². The Morgan fingerprint density at radius 2 is 1.86 bits per heavy atom. The molecule has 5 heteroatoms. The van der Waals surface area contributed by atoms with Gasteiger partial charge in [-0.05, 0) is 31.1 Å². The first-order valence-electron chi connectivity index (χ1n) is 7.82. The standard InChI is InChI=1S/C16H25NO4/c1-15(2,8-5-13(19)20)9-10-17-12(18)11-16(14(17)21)6-3-4-7-16/h3-11H2,1-2H3,(H,19,20). The van der Waals surface area contributed by atoms with Gasteiger partial charge < -0.3 is 5.11 Å². The zero-order valence-corrected chi connectivity index (χ0v) is 13.0. The van der Waals surface area contributed by atoms with Crippen LogP contribution in [0.25, 0.3) is 0 Å². The van der Waals surface area contributed by atoms with Crippen molar-refractivity contribution in [3.8, 4) is 0 Å². The molecule has 118 valence electrons. The molecule has 0 aromatic heterocycles. The molecule has 0 aromatic rings. The Labute approximate surface area is 125 Å². The number of imide groups is 1. The fraction of sp³-hybridized carbons (Fsp3) is 0.812. The van der Waals surface area contributed by atoms with Gasteiger partial charge in [0.25, 0.3) is 0 Å². The topological polar surface area (TPSA) is 74.7 Å². The van der Waals surface area contributed by atoms with Crippen LogP contribution in [0.4, 0.5) is 0 Å². The van der Waals surface area contributed by atoms with E-state index in [4.69, 9.17) is 5.11 Å². The fourth-order valence-electron chi connectivity index (χ4n) is 3.51. The van der Waals surface area contributed by atoms with E-state index >= 15 is 0 Å². The van der Waals surface area contributed by atoms with Crippen LogP contribution in [0.15, 0.2) is 0 Å². The number of likely N-dealkylation sites (tertiary alicyclic amines) is 1. The van der Waals surface area contributed by atoms with E-state index in [1.165, 1.54) is 4.90 Å². The zero-order valence-electron chi connectivity index (χ0n) is 13.0. The zero-order chi connectivity index (χ0) is 15.7. The highest BCUT2D eigenvalue weighted by Gasteiger charge is 2.52. The first-order valence-corrected chi connectivity index (χ1v) is 7.82. The summed E-state index contributed by atoms with van der Waals surface area (Å²) in [6.45, 7) is 4.41. The van der Waals surface area contributed by atoms with E-state index in [1.54, 1.807) is 0 Å². The molecule has 2 aliphatic rings. The average Bonchev–Trinajstić information content (AvgIpc) is 2.94. The number of carbonyl (C=O) groups is 3. The first kappa shape index (κ1) is 16.0. The lowest BCUT2D eigenvalue weighted by Crippen LogP contribution is -2.36. The molecular weight excluding hydrogens is 270 g/mol. The van der Waals surface area contributed by atoms with Crippen molar-refractivity contribution in [3.63, 3.8) is 0 Å². The summed E-state index contributed by atoms with van der Waals surface area (Å²) in [5, 5.41) is 8.76. The number of nitrogens with zero attached hydrogens (tertiary/aromatic N) is 1. The molecule has 2 rings (SSSR count). The lowest BCUT2D eigenvalue weighted by Gasteiger charge is -2.27. The summed E-state index contributed by atoms with van der Waals surface area (Å²) in [5.41, 5.74) is -0.577. The minimum Gasteiger partial charge on any atom is -0.481 e. The van der Waals surface area contributed by atoms with E-state index in [0.29, 0.717) is 25.8 Å². The van der Waals surface area contributed by atoms with Crippen molar-refractivity contribution in [2.75, 3.05) is 6.54 Å². The average molecular weight is 295 g/mol. The molecule has 21 heavy (non-hydrogen) atoms. The summed E-state index contributed by atoms with van der Waals surface area (Å²) in [6.07, 6.45) is 5.48. The number of carbonyl (C=O) groups excluding carboxylic acids is 2. The second kappa shape index (κ2) is 5.78. The largest absolute Gasteiger partial charge is 0.481 e. The van der Waals surface area contributed by atoms with E-state index in [0.717, 1.165) is 25.7 Å². The molecule has 1 heterocycles. The molecule has 1 spiro atoms. The van der Waals surface area contributed by atoms with Gasteiger partial charge in [0.1, 0.15) is 0 Å². The Morgan fingerprint density at radius 1 is 1.24 bits per heavy atom. The fourth-order valence-corrected chi connectivity index (χ4v) is 3.51. The third-order valence-electron chi connectivity index (χ3n) is 5.08. The van der Waals surface area contributed by atoms with E-state index in [2.05, 4.69) is 0 Å². The summed E-state index contributed by atoms with van der Waals surface area (Å²) < 4.78 is 0. The van der Waals surface area contributed by atoms with Crippen molar-refractivity contribution in [1.29, 1.82) is 0 Å². The molecule has 0 unspecified atom stereocenters. The predicted octanol–water partition coefficient (Wildman–Crippen LogP) is 2.59. The van der Waals surface area contributed by atoms with Gasteiger partial charge in [-0.25, -0.2) is 0 Å². The van der Waals surface area contributed by atoms with Crippen LogP contribution in [0, 0.1) is 10.8 Å². The molecule has 1 saturated heterocycles. The molecular formula is C16H25NO4. The van der Waals surface area contributed by atoms with Crippen LogP contribution >= 0.6 is 0 Å². The van der Waals surface area contributed by atoms with E-state index in [1.807, 2.05) is 13.8 Å². The smallest absolute Gasteiger partial charge is 0.303 e. The van der Waals surface area contributed by atoms with Crippen LogP contribution in [0.5, 0.6) is 0 Å². The van der Waals surface area contributed by atoms with Crippen molar-refractivity contribution in [1.82, 2.24) is 4.90 Å². The maximum absolute atomic E-state index is 12.5. The molecule has 0 aromatic carbocycles. The molecule has 1 N–H and O–H groups in total. The quantitative estimate of drug-likeness (QED) is 0.764. The molecule has 1 aliphatic carbocycles. The molecule has 5 nitrogen and oxygen atoms in total. The number of amides is 2. The number of carboxylic acids is 1. The molecule has 1 aliphatic heterocycles. The molecule has 0 bridgehead atoms. The van der Waals surface area contributed by atoms with Crippen LogP contribution in [-0.2, 0) is 14.4 Å². The highest BCUT2D eigenvalue weighted by atomic mass is 16.4. The van der Waals surface area contributed by atoms with Crippen molar-refractivity contribution < 1.29 is 19.5 Å². The second-order valence-electron chi connectivity index (χ2n) is 7.32. The molecule has 1 saturated carbocycles. The van der Waals surface area contributed by atoms with Crippen molar-refractivity contribution in [2.24, 2.45) is 10.8 Å². The van der Waals surface area contributed by atoms with Gasteiger partial charge in [0.15, 0.2) is 0 Å². The van der Waals surface area contributed by atoms with Crippen LogP contribution in [0.1, 0.15) is 65.2 Å². The summed E-state index contributed by atoms with van der Waals surface area (Å²) in [6, 6.07) is 0. The molecule has 2 fully saturated rings. The minimum absolute atomic E-state index is 0.0130. The highest BCUT2D eigenvalue weighted by molar-refractivity contribution is 6.06. The molecule has 2 amide bonds.